The van der Waals surface area contributed by atoms with Gasteiger partial charge in [0.1, 0.15) is 11.5 Å². The van der Waals surface area contributed by atoms with E-state index in [4.69, 9.17) is 18.9 Å². The van der Waals surface area contributed by atoms with Crippen molar-refractivity contribution in [3.05, 3.63) is 35.9 Å². The van der Waals surface area contributed by atoms with Crippen LogP contribution >= 0.6 is 0 Å². The summed E-state index contributed by atoms with van der Waals surface area (Å²) in [7, 11) is 1.63. The number of fused-ring (bicyclic) bond motifs is 3. The van der Waals surface area contributed by atoms with Crippen LogP contribution in [0.4, 0.5) is 0 Å². The molecule has 6 nitrogen and oxygen atoms in total. The molecule has 136 valence electrons. The van der Waals surface area contributed by atoms with Gasteiger partial charge in [0.25, 0.3) is 5.91 Å². The van der Waals surface area contributed by atoms with E-state index in [1.54, 1.807) is 7.11 Å². The van der Waals surface area contributed by atoms with Gasteiger partial charge in [0.05, 0.1) is 25.9 Å². The molecule has 3 aliphatic rings. The van der Waals surface area contributed by atoms with Crippen LogP contribution in [-0.2, 0) is 9.47 Å². The Morgan fingerprint density at radius 3 is 2.50 bits per heavy atom. The maximum Gasteiger partial charge on any atom is 0.258 e. The number of rotatable bonds is 1. The van der Waals surface area contributed by atoms with Crippen LogP contribution in [0.3, 0.4) is 0 Å². The largest absolute Gasteiger partial charge is 0.497 e. The molecular weight excluding hydrogens is 334 g/mol. The SMILES string of the molecule is COc1ccc2ccc3c(c2c1)OC1(CCC2(CC1)OCCO2)NC3=O. The number of benzene rings is 2. The molecule has 5 rings (SSSR count). The molecule has 1 saturated heterocycles. The lowest BCUT2D eigenvalue weighted by molar-refractivity contribution is -0.202. The number of nitrogens with one attached hydrogen (secondary N) is 1. The first kappa shape index (κ1) is 15.9. The standard InChI is InChI=1S/C20H21NO5/c1-23-14-4-2-13-3-5-15-17(16(13)12-14)26-19(21-18(15)22)6-8-20(9-7-19)24-10-11-25-20/h2-5,12H,6-11H2,1H3,(H,21,22). The van der Waals surface area contributed by atoms with Crippen molar-refractivity contribution in [2.75, 3.05) is 20.3 Å². The molecule has 1 amide bonds. The number of methoxy groups -OCH3 is 1. The average molecular weight is 355 g/mol. The van der Waals surface area contributed by atoms with Crippen LogP contribution in [0.2, 0.25) is 0 Å². The minimum atomic E-state index is -0.706. The summed E-state index contributed by atoms with van der Waals surface area (Å²) in [5, 5.41) is 5.00. The molecule has 0 unspecified atom stereocenters. The van der Waals surface area contributed by atoms with Gasteiger partial charge >= 0.3 is 0 Å². The molecule has 1 aliphatic carbocycles. The van der Waals surface area contributed by atoms with Gasteiger partial charge in [-0.25, -0.2) is 0 Å². The molecule has 26 heavy (non-hydrogen) atoms. The zero-order chi connectivity index (χ0) is 17.8. The predicted molar refractivity (Wildman–Crippen MR) is 94.4 cm³/mol. The molecule has 2 aromatic rings. The summed E-state index contributed by atoms with van der Waals surface area (Å²) in [6.07, 6.45) is 2.71. The topological polar surface area (TPSA) is 66.0 Å². The van der Waals surface area contributed by atoms with Crippen LogP contribution in [0.5, 0.6) is 11.5 Å². The van der Waals surface area contributed by atoms with Crippen molar-refractivity contribution in [3.63, 3.8) is 0 Å². The zero-order valence-corrected chi connectivity index (χ0v) is 14.7. The molecule has 0 radical (unpaired) electrons. The lowest BCUT2D eigenvalue weighted by Gasteiger charge is -2.46. The fraction of sp³-hybridized carbons (Fsp3) is 0.450. The summed E-state index contributed by atoms with van der Waals surface area (Å²) in [5.41, 5.74) is -0.146. The van der Waals surface area contributed by atoms with Crippen LogP contribution < -0.4 is 14.8 Å². The monoisotopic (exact) mass is 355 g/mol. The summed E-state index contributed by atoms with van der Waals surface area (Å²) >= 11 is 0. The van der Waals surface area contributed by atoms with Gasteiger partial charge in [-0.1, -0.05) is 12.1 Å². The number of hydrogen-bond donors (Lipinski definition) is 1. The smallest absolute Gasteiger partial charge is 0.258 e. The van der Waals surface area contributed by atoms with Crippen molar-refractivity contribution in [2.45, 2.75) is 37.2 Å². The van der Waals surface area contributed by atoms with Gasteiger partial charge in [-0.3, -0.25) is 4.79 Å². The van der Waals surface area contributed by atoms with E-state index < -0.39 is 11.5 Å². The Morgan fingerprint density at radius 1 is 1.04 bits per heavy atom. The van der Waals surface area contributed by atoms with Crippen LogP contribution in [-0.4, -0.2) is 37.7 Å². The number of ether oxygens (including phenoxy) is 4. The molecule has 0 atom stereocenters. The first-order valence-corrected chi connectivity index (χ1v) is 9.02. The number of amides is 1. The summed E-state index contributed by atoms with van der Waals surface area (Å²) in [5.74, 6) is 0.779. The highest BCUT2D eigenvalue weighted by Crippen LogP contribution is 2.45. The molecule has 2 heterocycles. The molecule has 0 bridgehead atoms. The molecule has 1 N–H and O–H groups in total. The van der Waals surface area contributed by atoms with Crippen molar-refractivity contribution < 1.29 is 23.7 Å². The van der Waals surface area contributed by atoms with Crippen molar-refractivity contribution in [1.29, 1.82) is 0 Å². The Kier molecular flexibility index (Phi) is 3.42. The molecule has 0 aromatic heterocycles. The zero-order valence-electron chi connectivity index (χ0n) is 14.7. The summed E-state index contributed by atoms with van der Waals surface area (Å²) in [6, 6.07) is 9.57. The lowest BCUT2D eigenvalue weighted by Crippen LogP contribution is -2.60. The van der Waals surface area contributed by atoms with E-state index in [-0.39, 0.29) is 5.91 Å². The fourth-order valence-corrected chi connectivity index (χ4v) is 4.23. The predicted octanol–water partition coefficient (Wildman–Crippen LogP) is 2.98. The van der Waals surface area contributed by atoms with E-state index in [0.29, 0.717) is 50.2 Å². The summed E-state index contributed by atoms with van der Waals surface area (Å²) in [4.78, 5) is 12.8. The molecule has 2 aromatic carbocycles. The van der Waals surface area contributed by atoms with Crippen molar-refractivity contribution in [1.82, 2.24) is 5.32 Å². The van der Waals surface area contributed by atoms with Gasteiger partial charge in [-0.15, -0.1) is 0 Å². The van der Waals surface area contributed by atoms with E-state index in [0.717, 1.165) is 16.5 Å². The Morgan fingerprint density at radius 2 is 1.77 bits per heavy atom. The van der Waals surface area contributed by atoms with Crippen LogP contribution in [0, 0.1) is 0 Å². The average Bonchev–Trinajstić information content (AvgIpc) is 3.13. The lowest BCUT2D eigenvalue weighted by atomic mass is 9.85. The van der Waals surface area contributed by atoms with Gasteiger partial charge < -0.3 is 24.3 Å². The highest BCUT2D eigenvalue weighted by Gasteiger charge is 2.50. The van der Waals surface area contributed by atoms with E-state index in [1.165, 1.54) is 0 Å². The first-order valence-electron chi connectivity index (χ1n) is 9.02. The third kappa shape index (κ3) is 2.36. The fourth-order valence-electron chi connectivity index (χ4n) is 4.23. The molecule has 6 heteroatoms. The molecule has 2 fully saturated rings. The maximum atomic E-state index is 12.8. The van der Waals surface area contributed by atoms with Gasteiger partial charge in [0.2, 0.25) is 0 Å². The second-order valence-electron chi connectivity index (χ2n) is 7.19. The third-order valence-corrected chi connectivity index (χ3v) is 5.70. The van der Waals surface area contributed by atoms with Crippen molar-refractivity contribution in [2.24, 2.45) is 0 Å². The highest BCUT2D eigenvalue weighted by atomic mass is 16.7. The van der Waals surface area contributed by atoms with Gasteiger partial charge in [0, 0.05) is 31.1 Å². The van der Waals surface area contributed by atoms with E-state index >= 15 is 0 Å². The van der Waals surface area contributed by atoms with Gasteiger partial charge in [-0.05, 0) is 23.6 Å². The molecule has 1 saturated carbocycles. The first-order chi connectivity index (χ1) is 12.6. The van der Waals surface area contributed by atoms with E-state index in [9.17, 15) is 4.79 Å². The molecule has 2 spiro atoms. The maximum absolute atomic E-state index is 12.8. The second-order valence-corrected chi connectivity index (χ2v) is 7.19. The Labute approximate surface area is 151 Å². The van der Waals surface area contributed by atoms with Crippen LogP contribution in [0.25, 0.3) is 10.8 Å². The van der Waals surface area contributed by atoms with Crippen molar-refractivity contribution in [3.8, 4) is 11.5 Å². The Hall–Kier alpha value is -2.31. The minimum Gasteiger partial charge on any atom is -0.497 e. The highest BCUT2D eigenvalue weighted by molar-refractivity contribution is 6.05. The number of hydrogen-bond acceptors (Lipinski definition) is 5. The summed E-state index contributed by atoms with van der Waals surface area (Å²) < 4.78 is 23.4. The molecular formula is C20H21NO5. The number of carbonyl (C=O) groups excluding carboxylic acids is 1. The molecule has 2 aliphatic heterocycles. The van der Waals surface area contributed by atoms with E-state index in [1.807, 2.05) is 30.3 Å². The van der Waals surface area contributed by atoms with Gasteiger partial charge in [-0.2, -0.15) is 0 Å². The van der Waals surface area contributed by atoms with Crippen LogP contribution in [0.1, 0.15) is 36.0 Å². The quantitative estimate of drug-likeness (QED) is 0.852. The van der Waals surface area contributed by atoms with E-state index in [2.05, 4.69) is 5.32 Å². The van der Waals surface area contributed by atoms with Crippen molar-refractivity contribution >= 4 is 16.7 Å². The summed E-state index contributed by atoms with van der Waals surface area (Å²) in [6.45, 7) is 1.26. The third-order valence-electron chi connectivity index (χ3n) is 5.70. The minimum absolute atomic E-state index is 0.0971. The second kappa shape index (κ2) is 5.59. The Bertz CT molecular complexity index is 877. The number of carbonyl (C=O) groups is 1. The normalized spacial score (nSPS) is 22.9. The Balaban J connectivity index is 1.53. The van der Waals surface area contributed by atoms with Crippen LogP contribution in [0.15, 0.2) is 30.3 Å². The van der Waals surface area contributed by atoms with Gasteiger partial charge in [0.15, 0.2) is 11.5 Å².